The van der Waals surface area contributed by atoms with Crippen LogP contribution < -0.4 is 0 Å². The summed E-state index contributed by atoms with van der Waals surface area (Å²) >= 11 is 0. The third-order valence-corrected chi connectivity index (χ3v) is 16.3. The minimum atomic E-state index is 0.571. The van der Waals surface area contributed by atoms with E-state index >= 15 is 0 Å². The Morgan fingerprint density at radius 3 is 1.35 bits per heavy atom. The molecule has 5 saturated carbocycles. The first-order valence-corrected chi connectivity index (χ1v) is 20.4. The van der Waals surface area contributed by atoms with Gasteiger partial charge in [0.2, 0.25) is 0 Å². The van der Waals surface area contributed by atoms with E-state index in [0.29, 0.717) is 35.5 Å². The lowest BCUT2D eigenvalue weighted by Gasteiger charge is -2.38. The number of rotatable bonds is 1. The summed E-state index contributed by atoms with van der Waals surface area (Å²) in [7, 11) is 0. The maximum Gasteiger partial charge on any atom is 0.0764 e. The molecule has 5 fully saturated rings. The SMILES string of the molecule is c1ccc(-c2cc3c4c5c(nc6c4n4c7c(nc8c(c7c(c2)c34)C2CC3CC(CC8C3)C2)C2CCC6CC2)C2CC3CC(C2)CC5C3)cc1. The highest BCUT2D eigenvalue weighted by Gasteiger charge is 2.48. The van der Waals surface area contributed by atoms with Crippen molar-refractivity contribution in [2.75, 3.05) is 0 Å². The lowest BCUT2D eigenvalue weighted by atomic mass is 9.67. The number of hydrogen-bond acceptors (Lipinski definition) is 2. The van der Waals surface area contributed by atoms with Gasteiger partial charge in [0.1, 0.15) is 0 Å². The molecular weight excluding hydrogens is 595 g/mol. The van der Waals surface area contributed by atoms with Crippen LogP contribution >= 0.6 is 0 Å². The Morgan fingerprint density at radius 1 is 0.429 bits per heavy atom. The largest absolute Gasteiger partial charge is 0.304 e. The van der Waals surface area contributed by atoms with E-state index in [1.165, 1.54) is 129 Å². The molecule has 11 aliphatic rings. The monoisotopic (exact) mass is 639 g/mol. The third-order valence-electron chi connectivity index (χ3n) is 16.3. The Balaban J connectivity index is 1.23. The van der Waals surface area contributed by atoms with E-state index in [1.807, 2.05) is 0 Å². The molecule has 0 N–H and O–H groups in total. The van der Waals surface area contributed by atoms with Gasteiger partial charge in [0.15, 0.2) is 0 Å². The maximum atomic E-state index is 6.05. The van der Waals surface area contributed by atoms with Gasteiger partial charge in [-0.05, 0) is 160 Å². The molecule has 49 heavy (non-hydrogen) atoms. The van der Waals surface area contributed by atoms with Gasteiger partial charge in [-0.15, -0.1) is 0 Å². The van der Waals surface area contributed by atoms with Gasteiger partial charge in [0.25, 0.3) is 0 Å². The summed E-state index contributed by atoms with van der Waals surface area (Å²) in [5.74, 6) is 7.43. The molecule has 4 atom stereocenters. The standard InChI is InChI=1S/C46H45N3/c1-2-4-26(5-3-1)29-20-34-38-36-30-12-22-10-23(13-30)17-32(16-22)40(36)47-42-27-6-7-28(9-8-27)43-46-39(35(21-29)44(34)49(46)45(38)42)37-31-14-24-11-25(15-31)19-33(18-24)41(37)48-43/h1-5,20-25,27-28,30-33H,6-19H2. The van der Waals surface area contributed by atoms with E-state index < -0.39 is 0 Å². The van der Waals surface area contributed by atoms with E-state index in [2.05, 4.69) is 46.9 Å². The van der Waals surface area contributed by atoms with Crippen LogP contribution in [0.5, 0.6) is 0 Å². The van der Waals surface area contributed by atoms with Crippen LogP contribution in [-0.2, 0) is 0 Å². The Bertz CT molecular complexity index is 2250. The van der Waals surface area contributed by atoms with Crippen molar-refractivity contribution < 1.29 is 0 Å². The van der Waals surface area contributed by atoms with E-state index in [9.17, 15) is 0 Å². The van der Waals surface area contributed by atoms with E-state index in [0.717, 1.165) is 23.7 Å². The first-order chi connectivity index (χ1) is 24.2. The quantitative estimate of drug-likeness (QED) is 0.179. The summed E-state index contributed by atoms with van der Waals surface area (Å²) in [6.07, 6.45) is 19.2. The predicted molar refractivity (Wildman–Crippen MR) is 197 cm³/mol. The first-order valence-electron chi connectivity index (χ1n) is 20.4. The van der Waals surface area contributed by atoms with Gasteiger partial charge >= 0.3 is 0 Å². The molecule has 4 unspecified atom stereocenters. The normalized spacial score (nSPS) is 36.2. The molecule has 9 aliphatic carbocycles. The summed E-state index contributed by atoms with van der Waals surface area (Å²) < 4.78 is 2.86. The van der Waals surface area contributed by atoms with Crippen molar-refractivity contribution >= 4 is 38.1 Å². The molecule has 3 heteroatoms. The summed E-state index contributed by atoms with van der Waals surface area (Å²) in [5.41, 5.74) is 16.8. The smallest absolute Gasteiger partial charge is 0.0764 e. The number of aromatic nitrogens is 3. The summed E-state index contributed by atoms with van der Waals surface area (Å²) in [6.45, 7) is 0. The average molecular weight is 640 g/mol. The van der Waals surface area contributed by atoms with Gasteiger partial charge in [-0.25, -0.2) is 0 Å². The molecular formula is C46H45N3. The lowest BCUT2D eigenvalue weighted by Crippen LogP contribution is -2.25. The maximum absolute atomic E-state index is 6.05. The topological polar surface area (TPSA) is 30.2 Å². The molecule has 6 aromatic rings. The fourth-order valence-corrected chi connectivity index (χ4v) is 14.9. The predicted octanol–water partition coefficient (Wildman–Crippen LogP) is 11.8. The van der Waals surface area contributed by atoms with Crippen molar-refractivity contribution in [3.63, 3.8) is 0 Å². The Morgan fingerprint density at radius 2 is 0.878 bits per heavy atom. The van der Waals surface area contributed by atoms with Gasteiger partial charge in [-0.1, -0.05) is 30.3 Å². The second-order valence-corrected chi connectivity index (χ2v) is 18.8. The van der Waals surface area contributed by atoms with Crippen LogP contribution in [-0.4, -0.2) is 14.4 Å². The Kier molecular flexibility index (Phi) is 4.77. The molecule has 3 nitrogen and oxygen atoms in total. The molecule has 2 aromatic carbocycles. The van der Waals surface area contributed by atoms with Crippen molar-refractivity contribution in [2.45, 2.75) is 125 Å². The van der Waals surface area contributed by atoms with Gasteiger partial charge < -0.3 is 4.40 Å². The molecule has 0 saturated heterocycles. The molecule has 0 amide bonds. The van der Waals surface area contributed by atoms with E-state index in [-0.39, 0.29) is 0 Å². The van der Waals surface area contributed by atoms with Crippen molar-refractivity contribution in [3.05, 3.63) is 76.4 Å². The first kappa shape index (κ1) is 26.4. The minimum absolute atomic E-state index is 0.571. The van der Waals surface area contributed by atoms with Gasteiger partial charge in [-0.2, -0.15) is 0 Å². The molecule has 244 valence electrons. The molecule has 17 rings (SSSR count). The minimum Gasteiger partial charge on any atom is -0.304 e. The van der Waals surface area contributed by atoms with E-state index in [4.69, 9.17) is 9.97 Å². The Labute approximate surface area is 288 Å². The zero-order chi connectivity index (χ0) is 31.3. The number of hydrogen-bond donors (Lipinski definition) is 0. The van der Waals surface area contributed by atoms with Crippen molar-refractivity contribution in [3.8, 4) is 11.1 Å². The van der Waals surface area contributed by atoms with Crippen LogP contribution in [0.1, 0.15) is 159 Å². The summed E-state index contributed by atoms with van der Waals surface area (Å²) in [4.78, 5) is 12.1. The molecule has 0 radical (unpaired) electrons. The highest BCUT2D eigenvalue weighted by Crippen LogP contribution is 2.62. The zero-order valence-corrected chi connectivity index (χ0v) is 28.6. The van der Waals surface area contributed by atoms with E-state index in [1.54, 1.807) is 44.1 Å². The average Bonchev–Trinajstić information content (AvgIpc) is 3.54. The second-order valence-electron chi connectivity index (χ2n) is 18.8. The molecule has 4 aromatic heterocycles. The number of benzene rings is 2. The molecule has 2 aliphatic heterocycles. The molecule has 6 heterocycles. The van der Waals surface area contributed by atoms with Crippen LogP contribution in [0.2, 0.25) is 0 Å². The Hall–Kier alpha value is -3.46. The highest BCUT2D eigenvalue weighted by molar-refractivity contribution is 6.26. The lowest BCUT2D eigenvalue weighted by molar-refractivity contribution is 0.165. The number of fused-ring (bicyclic) bond motifs is 4. The van der Waals surface area contributed by atoms with Crippen LogP contribution in [0, 0.1) is 23.7 Å². The summed E-state index contributed by atoms with van der Waals surface area (Å²) in [6, 6.07) is 16.6. The van der Waals surface area contributed by atoms with Crippen LogP contribution in [0.3, 0.4) is 0 Å². The van der Waals surface area contributed by atoms with Crippen molar-refractivity contribution in [1.82, 2.24) is 14.4 Å². The zero-order valence-electron chi connectivity index (χ0n) is 28.6. The third kappa shape index (κ3) is 3.21. The molecule has 10 bridgehead atoms. The van der Waals surface area contributed by atoms with Crippen molar-refractivity contribution in [2.24, 2.45) is 23.7 Å². The van der Waals surface area contributed by atoms with Crippen LogP contribution in [0.25, 0.3) is 49.2 Å². The van der Waals surface area contributed by atoms with Crippen LogP contribution in [0.15, 0.2) is 42.5 Å². The number of pyridine rings is 2. The summed E-state index contributed by atoms with van der Waals surface area (Å²) in [5, 5.41) is 6.34. The fourth-order valence-electron chi connectivity index (χ4n) is 14.9. The van der Waals surface area contributed by atoms with Crippen molar-refractivity contribution in [1.29, 1.82) is 0 Å². The fraction of sp³-hybridized carbons (Fsp3) is 0.522. The van der Waals surface area contributed by atoms with Gasteiger partial charge in [0, 0.05) is 56.6 Å². The second kappa shape index (κ2) is 8.87. The molecule has 0 spiro atoms. The highest BCUT2D eigenvalue weighted by atomic mass is 15.0. The van der Waals surface area contributed by atoms with Crippen LogP contribution in [0.4, 0.5) is 0 Å². The van der Waals surface area contributed by atoms with Gasteiger partial charge in [-0.3, -0.25) is 9.97 Å². The van der Waals surface area contributed by atoms with Gasteiger partial charge in [0.05, 0.1) is 27.9 Å². The number of nitrogens with zero attached hydrogens (tertiary/aromatic N) is 3.